The molecule has 0 aromatic rings. The fraction of sp³-hybridized carbons (Fsp3) is 0.942. The fourth-order valence-electron chi connectivity index (χ4n) is 11.1. The van der Waals surface area contributed by atoms with Gasteiger partial charge in [0.25, 0.3) is 0 Å². The standard InChI is InChI=1S/C52H98N6O14/c1-20-37-51(16,64)41(59)34(6)53-28-30(2)26-49(14,63)42(72-44-40(71-46(62)55-48(11,12)13)36(25-31(3)67-44)57(18)45(61)54-47(8,9)10)32(4)39(33(5)43(60)69-37)70-38-27-50(15,66-19)52(65,35(7)68-38)29-58-23-21-56(17)22-24-58/h30-42,44,53,59,63-65H,20-29H2,1-19H3,(H,54,61)(H,55,62)/t30-,31?,32+,33-,34-,35+,36?,37-,38+,39+,40?,41-,42-,44?,49-,50-,51-,52+/m1/s1. The number of aliphatic hydroxyl groups is 4. The summed E-state index contributed by atoms with van der Waals surface area (Å²) in [6.45, 7) is 32.1. The Bertz CT molecular complexity index is 1770. The van der Waals surface area contributed by atoms with E-state index in [1.807, 2.05) is 62.3 Å². The van der Waals surface area contributed by atoms with Crippen molar-refractivity contribution in [2.45, 2.75) is 237 Å². The minimum absolute atomic E-state index is 0.0385. The highest BCUT2D eigenvalue weighted by molar-refractivity contribution is 5.75. The molecule has 0 aliphatic carbocycles. The minimum atomic E-state index is -1.88. The van der Waals surface area contributed by atoms with Crippen LogP contribution in [0, 0.1) is 17.8 Å². The van der Waals surface area contributed by atoms with Crippen molar-refractivity contribution in [3.05, 3.63) is 0 Å². The molecule has 3 amide bonds. The molecule has 0 spiro atoms. The van der Waals surface area contributed by atoms with Crippen LogP contribution in [0.4, 0.5) is 9.59 Å². The van der Waals surface area contributed by atoms with Crippen molar-refractivity contribution in [3.8, 4) is 0 Å². The van der Waals surface area contributed by atoms with Crippen LogP contribution in [0.3, 0.4) is 0 Å². The van der Waals surface area contributed by atoms with E-state index in [1.54, 1.807) is 55.7 Å². The Balaban J connectivity index is 1.89. The number of carbonyl (C=O) groups excluding carboxylic acids is 3. The van der Waals surface area contributed by atoms with Gasteiger partial charge < -0.3 is 79.3 Å². The normalized spacial score (nSPS) is 41.8. The van der Waals surface area contributed by atoms with Gasteiger partial charge in [-0.1, -0.05) is 20.8 Å². The monoisotopic (exact) mass is 1030 g/mol. The summed E-state index contributed by atoms with van der Waals surface area (Å²) in [5.41, 5.74) is -7.61. The summed E-state index contributed by atoms with van der Waals surface area (Å²) in [4.78, 5) is 48.3. The van der Waals surface area contributed by atoms with Crippen molar-refractivity contribution in [1.29, 1.82) is 0 Å². The summed E-state index contributed by atoms with van der Waals surface area (Å²) in [6.07, 6.45) is -10.2. The molecular formula is C52H98N6O14. The zero-order valence-corrected chi connectivity index (χ0v) is 47.4. The third-order valence-corrected chi connectivity index (χ3v) is 15.6. The van der Waals surface area contributed by atoms with Crippen LogP contribution in [-0.2, 0) is 38.0 Å². The highest BCUT2D eigenvalue weighted by atomic mass is 16.7. The third kappa shape index (κ3) is 15.4. The Morgan fingerprint density at radius 2 is 1.49 bits per heavy atom. The Labute approximate surface area is 431 Å². The van der Waals surface area contributed by atoms with Gasteiger partial charge in [0, 0.05) is 76.3 Å². The van der Waals surface area contributed by atoms with Gasteiger partial charge in [-0.25, -0.2) is 9.59 Å². The van der Waals surface area contributed by atoms with Crippen LogP contribution in [-0.4, -0.2) is 215 Å². The molecule has 4 unspecified atom stereocenters. The third-order valence-electron chi connectivity index (χ3n) is 15.6. The lowest BCUT2D eigenvalue weighted by molar-refractivity contribution is -0.339. The number of urea groups is 1. The zero-order valence-electron chi connectivity index (χ0n) is 47.4. The number of carbonyl (C=O) groups is 3. The number of esters is 1. The maximum Gasteiger partial charge on any atom is 0.408 e. The lowest BCUT2D eigenvalue weighted by atomic mass is 9.74. The number of likely N-dealkylation sites (N-methyl/N-ethyl adjacent to an activating group) is 2. The van der Waals surface area contributed by atoms with Crippen molar-refractivity contribution in [1.82, 2.24) is 30.7 Å². The summed E-state index contributed by atoms with van der Waals surface area (Å²) in [6, 6.07) is -1.86. The summed E-state index contributed by atoms with van der Waals surface area (Å²) < 4.78 is 46.0. The van der Waals surface area contributed by atoms with E-state index in [-0.39, 0.29) is 38.1 Å². The molecule has 72 heavy (non-hydrogen) atoms. The van der Waals surface area contributed by atoms with E-state index in [1.165, 1.54) is 11.8 Å². The molecule has 4 fully saturated rings. The molecule has 420 valence electrons. The maximum absolute atomic E-state index is 14.8. The average molecular weight is 1030 g/mol. The second kappa shape index (κ2) is 24.2. The quantitative estimate of drug-likeness (QED) is 0.155. The molecule has 7 N–H and O–H groups in total. The van der Waals surface area contributed by atoms with Crippen molar-refractivity contribution in [3.63, 3.8) is 0 Å². The van der Waals surface area contributed by atoms with Crippen molar-refractivity contribution in [2.75, 3.05) is 60.5 Å². The van der Waals surface area contributed by atoms with E-state index in [9.17, 15) is 34.8 Å². The van der Waals surface area contributed by atoms with Crippen LogP contribution < -0.4 is 16.0 Å². The van der Waals surface area contributed by atoms with Crippen molar-refractivity contribution in [2.24, 2.45) is 17.8 Å². The molecule has 0 aromatic heterocycles. The lowest BCUT2D eigenvalue weighted by Crippen LogP contribution is -2.71. The number of ether oxygens (including phenoxy) is 7. The molecule has 20 heteroatoms. The number of β-amino-alcohol motifs (C(OH)–C–C–N with tert-alkyl or cyclic N) is 1. The molecule has 0 radical (unpaired) electrons. The Kier molecular flexibility index (Phi) is 20.9. The van der Waals surface area contributed by atoms with Gasteiger partial charge in [-0.05, 0) is 129 Å². The second-order valence-electron chi connectivity index (χ2n) is 24.7. The maximum atomic E-state index is 14.8. The van der Waals surface area contributed by atoms with Crippen LogP contribution in [0.15, 0.2) is 0 Å². The van der Waals surface area contributed by atoms with E-state index in [0.717, 1.165) is 26.2 Å². The average Bonchev–Trinajstić information content (AvgIpc) is 3.26. The molecule has 0 bridgehead atoms. The second-order valence-corrected chi connectivity index (χ2v) is 24.7. The van der Waals surface area contributed by atoms with E-state index >= 15 is 0 Å². The first kappa shape index (κ1) is 62.1. The number of aliphatic hydroxyl groups excluding tert-OH is 1. The first-order valence-corrected chi connectivity index (χ1v) is 26.4. The number of cyclic esters (lactones) is 1. The Morgan fingerprint density at radius 1 is 0.889 bits per heavy atom. The number of rotatable bonds is 10. The van der Waals surface area contributed by atoms with Crippen molar-refractivity contribution < 1.29 is 68.0 Å². The van der Waals surface area contributed by atoms with E-state index < -0.39 is 131 Å². The first-order chi connectivity index (χ1) is 33.0. The molecule has 20 nitrogen and oxygen atoms in total. The van der Waals surface area contributed by atoms with E-state index in [4.69, 9.17) is 33.2 Å². The number of piperazine rings is 1. The largest absolute Gasteiger partial charge is 0.459 e. The highest BCUT2D eigenvalue weighted by Gasteiger charge is 2.59. The number of hydrogen-bond donors (Lipinski definition) is 7. The van der Waals surface area contributed by atoms with Gasteiger partial charge in [0.2, 0.25) is 0 Å². The van der Waals surface area contributed by atoms with Gasteiger partial charge in [0.1, 0.15) is 29.0 Å². The number of methoxy groups -OCH3 is 1. The first-order valence-electron chi connectivity index (χ1n) is 26.4. The number of nitrogens with zero attached hydrogens (tertiary/aromatic N) is 3. The number of hydrogen-bond acceptors (Lipinski definition) is 17. The number of amides is 3. The summed E-state index contributed by atoms with van der Waals surface area (Å²) in [7, 11) is 5.23. The molecule has 18 atom stereocenters. The van der Waals surface area contributed by atoms with Crippen LogP contribution >= 0.6 is 0 Å². The molecule has 4 heterocycles. The Hall–Kier alpha value is -2.47. The van der Waals surface area contributed by atoms with Crippen LogP contribution in [0.5, 0.6) is 0 Å². The lowest BCUT2D eigenvalue weighted by Gasteiger charge is -2.55. The van der Waals surface area contributed by atoms with E-state index in [0.29, 0.717) is 6.54 Å². The van der Waals surface area contributed by atoms with Gasteiger partial charge in [-0.2, -0.15) is 0 Å². The molecule has 4 aliphatic rings. The summed E-state index contributed by atoms with van der Waals surface area (Å²) >= 11 is 0. The SMILES string of the molecule is CC[C@H]1OC(=O)[C@H](C)[C@@H](O[C@H]2C[C@@](C)(OC)[C@](O)(CN3CCN(C)CC3)[C@H](C)O2)[C@H](C)[C@@H](OC2OC(C)CC(N(C)C(=O)NC(C)(C)C)C2OC(=O)NC(C)(C)C)[C@](C)(O)C[C@@H](C)CN[C@H](C)[C@@H](O)[C@]1(C)O. The fourth-order valence-corrected chi connectivity index (χ4v) is 11.1. The molecule has 4 aliphatic heterocycles. The highest BCUT2D eigenvalue weighted by Crippen LogP contribution is 2.44. The van der Waals surface area contributed by atoms with Gasteiger partial charge in [0.15, 0.2) is 18.7 Å². The number of nitrogens with one attached hydrogen (secondary N) is 3. The molecule has 0 saturated carbocycles. The predicted molar refractivity (Wildman–Crippen MR) is 272 cm³/mol. The van der Waals surface area contributed by atoms with Crippen LogP contribution in [0.1, 0.15) is 136 Å². The van der Waals surface area contributed by atoms with Crippen molar-refractivity contribution >= 4 is 18.1 Å². The zero-order chi connectivity index (χ0) is 54.7. The summed E-state index contributed by atoms with van der Waals surface area (Å²) in [5, 5.41) is 58.3. The molecule has 4 saturated heterocycles. The van der Waals surface area contributed by atoms with Crippen LogP contribution in [0.25, 0.3) is 0 Å². The molecular weight excluding hydrogens is 933 g/mol. The van der Waals surface area contributed by atoms with Gasteiger partial charge >= 0.3 is 18.1 Å². The van der Waals surface area contributed by atoms with E-state index in [2.05, 4.69) is 32.8 Å². The van der Waals surface area contributed by atoms with Crippen LogP contribution in [0.2, 0.25) is 0 Å². The van der Waals surface area contributed by atoms with Gasteiger partial charge in [0.05, 0.1) is 42.0 Å². The van der Waals surface area contributed by atoms with Gasteiger partial charge in [-0.15, -0.1) is 0 Å². The minimum Gasteiger partial charge on any atom is -0.459 e. The smallest absolute Gasteiger partial charge is 0.408 e. The summed E-state index contributed by atoms with van der Waals surface area (Å²) in [5.74, 6) is -3.11. The predicted octanol–water partition coefficient (Wildman–Crippen LogP) is 3.59. The molecule has 4 rings (SSSR count). The molecule has 0 aromatic carbocycles. The Morgan fingerprint density at radius 3 is 2.04 bits per heavy atom. The topological polar surface area (TPSA) is 243 Å². The number of alkyl carbamates (subject to hydrolysis) is 1. The van der Waals surface area contributed by atoms with Gasteiger partial charge in [-0.3, -0.25) is 9.69 Å².